The summed E-state index contributed by atoms with van der Waals surface area (Å²) in [5.74, 6) is -1.23. The van der Waals surface area contributed by atoms with E-state index >= 15 is 9.59 Å². The highest BCUT2D eigenvalue weighted by Gasteiger charge is 2.61. The lowest BCUT2D eigenvalue weighted by atomic mass is 9.92. The molecule has 16 atom stereocenters. The van der Waals surface area contributed by atoms with E-state index in [0.29, 0.717) is 5.56 Å². The molecular weight excluding hydrogens is 1250 g/mol. The molecule has 0 aliphatic carbocycles. The number of hydrogen-bond donors (Lipinski definition) is 0. The largest absolute Gasteiger partial charge is 0.374 e. The molecule has 17 nitrogen and oxygen atoms in total. The second-order valence-corrected chi connectivity index (χ2v) is 25.3. The Bertz CT molecular complexity index is 3910. The van der Waals surface area contributed by atoms with Crippen LogP contribution in [0.4, 0.5) is 0 Å². The molecule has 9 aromatic rings. The van der Waals surface area contributed by atoms with Crippen LogP contribution in [0.5, 0.6) is 0 Å². The van der Waals surface area contributed by atoms with Crippen molar-refractivity contribution < 1.29 is 75.9 Å². The third-order valence-corrected chi connectivity index (χ3v) is 18.5. The van der Waals surface area contributed by atoms with Crippen LogP contribution in [0.25, 0.3) is 0 Å². The summed E-state index contributed by atoms with van der Waals surface area (Å²) in [4.78, 5) is 32.7. The van der Waals surface area contributed by atoms with Crippen LogP contribution in [0.1, 0.15) is 78.4 Å². The van der Waals surface area contributed by atoms with Gasteiger partial charge in [-0.3, -0.25) is 14.5 Å². The van der Waals surface area contributed by atoms with Crippen LogP contribution in [0.15, 0.2) is 267 Å². The standard InChI is InChI=1S/C82H81NO16/c1-55-69(87-47-57-30-12-3-13-31-57)73(89-49-59-34-16-5-17-35-59)75(91-51-61-38-20-7-21-39-61)82(94-55)98-72-68(83-77(84)64-44-26-27-45-65(64)78(83)85)80(95-67-54-93-79(97-71(67)72)63-42-24-9-25-43-63)99-76-74(90-50-60-36-18-6-19-37-60)70(88-48-58-32-14-4-15-33-58)66(53-86-46-56-28-10-2-11-29-56)96-81(76)92-52-62-40-22-8-23-41-62/h2-45,55,66-76,79-82H,46-54H2,1H3. The third-order valence-electron chi connectivity index (χ3n) is 18.5. The minimum absolute atomic E-state index is 0.0491. The van der Waals surface area contributed by atoms with Crippen molar-refractivity contribution in [3.8, 4) is 0 Å². The number of imide groups is 1. The molecule has 0 spiro atoms. The van der Waals surface area contributed by atoms with Gasteiger partial charge in [0.15, 0.2) is 25.2 Å². The third kappa shape index (κ3) is 16.6. The maximum Gasteiger partial charge on any atom is 0.262 e. The van der Waals surface area contributed by atoms with Gasteiger partial charge in [-0.25, -0.2) is 0 Å². The summed E-state index contributed by atoms with van der Waals surface area (Å²) >= 11 is 0. The van der Waals surface area contributed by atoms with Gasteiger partial charge in [-0.2, -0.15) is 0 Å². The number of hydrogen-bond acceptors (Lipinski definition) is 16. The summed E-state index contributed by atoms with van der Waals surface area (Å²) in [7, 11) is 0. The van der Waals surface area contributed by atoms with Gasteiger partial charge in [0.2, 0.25) is 0 Å². The Morgan fingerprint density at radius 3 is 1.21 bits per heavy atom. The van der Waals surface area contributed by atoms with Gasteiger partial charge < -0.3 is 66.3 Å². The van der Waals surface area contributed by atoms with Crippen molar-refractivity contribution >= 4 is 11.8 Å². The zero-order valence-electron chi connectivity index (χ0n) is 55.0. The van der Waals surface area contributed by atoms with Crippen molar-refractivity contribution in [2.75, 3.05) is 13.2 Å². The van der Waals surface area contributed by atoms with E-state index in [4.69, 9.17) is 66.3 Å². The number of carbonyl (C=O) groups excluding carboxylic acids is 2. The summed E-state index contributed by atoms with van der Waals surface area (Å²) in [6.07, 6.45) is -16.0. The monoisotopic (exact) mass is 1340 g/mol. The van der Waals surface area contributed by atoms with E-state index in [2.05, 4.69) is 0 Å². The molecule has 0 saturated carbocycles. The number of amides is 2. The van der Waals surface area contributed by atoms with Crippen LogP contribution < -0.4 is 0 Å². The van der Waals surface area contributed by atoms with E-state index in [-0.39, 0.29) is 70.6 Å². The molecule has 4 saturated heterocycles. The van der Waals surface area contributed by atoms with E-state index < -0.39 is 110 Å². The average Bonchev–Trinajstić information content (AvgIpc) is 1.63. The lowest BCUT2D eigenvalue weighted by Gasteiger charge is -2.54. The lowest BCUT2D eigenvalue weighted by molar-refractivity contribution is -0.404. The van der Waals surface area contributed by atoms with Crippen LogP contribution >= 0.6 is 0 Å². The molecule has 9 aromatic carbocycles. The Hall–Kier alpha value is -8.44. The Kier molecular flexibility index (Phi) is 22.7. The molecule has 5 aliphatic rings. The Morgan fingerprint density at radius 1 is 0.354 bits per heavy atom. The number of nitrogens with zero attached hydrogens (tertiary/aromatic N) is 1. The highest BCUT2D eigenvalue weighted by molar-refractivity contribution is 6.21. The summed E-state index contributed by atoms with van der Waals surface area (Å²) in [6.45, 7) is 3.01. The predicted octanol–water partition coefficient (Wildman–Crippen LogP) is 13.1. The number of rotatable bonds is 28. The fourth-order valence-corrected chi connectivity index (χ4v) is 13.5. The highest BCUT2D eigenvalue weighted by Crippen LogP contribution is 2.44. The van der Waals surface area contributed by atoms with Gasteiger partial charge in [-0.05, 0) is 58.0 Å². The van der Waals surface area contributed by atoms with Gasteiger partial charge in [-0.15, -0.1) is 0 Å². The van der Waals surface area contributed by atoms with Crippen LogP contribution in [-0.4, -0.2) is 122 Å². The Balaban J connectivity index is 0.898. The summed E-state index contributed by atoms with van der Waals surface area (Å²) in [5.41, 5.74) is 7.39. The zero-order chi connectivity index (χ0) is 67.1. The quantitative estimate of drug-likeness (QED) is 0.0425. The number of ether oxygens (including phenoxy) is 14. The Labute approximate surface area is 577 Å². The Morgan fingerprint density at radius 2 is 0.737 bits per heavy atom. The fraction of sp³-hybridized carbons (Fsp3) is 0.317. The van der Waals surface area contributed by atoms with Gasteiger partial charge in [-0.1, -0.05) is 255 Å². The maximum atomic E-state index is 15.7. The second-order valence-electron chi connectivity index (χ2n) is 25.3. The van der Waals surface area contributed by atoms with Gasteiger partial charge in [0.1, 0.15) is 67.1 Å². The van der Waals surface area contributed by atoms with Crippen molar-refractivity contribution in [1.29, 1.82) is 0 Å². The molecule has 14 rings (SSSR count). The molecule has 5 heterocycles. The van der Waals surface area contributed by atoms with E-state index in [1.54, 1.807) is 24.3 Å². The zero-order valence-corrected chi connectivity index (χ0v) is 55.0. The SMILES string of the molecule is CC1OC(OC2C3OC(c4ccccc4)OCC3OC(OC3C(OCc4ccccc4)OC(COCc4ccccc4)C(OCc4ccccc4)C3OCc3ccccc3)C2N2C(=O)c3ccccc3C2=O)C(OCc2ccccc2)C(OCc2ccccc2)C1OCc1ccccc1. The first kappa shape index (κ1) is 67.7. The van der Waals surface area contributed by atoms with Crippen LogP contribution in [-0.2, 0) is 113 Å². The van der Waals surface area contributed by atoms with Gasteiger partial charge in [0.05, 0.1) is 76.7 Å². The number of carbonyl (C=O) groups is 2. The van der Waals surface area contributed by atoms with Crippen molar-refractivity contribution in [3.05, 3.63) is 323 Å². The van der Waals surface area contributed by atoms with E-state index in [1.165, 1.54) is 4.90 Å². The lowest BCUT2D eigenvalue weighted by Crippen LogP contribution is -2.71. The topological polar surface area (TPSA) is 167 Å². The smallest absolute Gasteiger partial charge is 0.262 e. The molecule has 17 heteroatoms. The number of benzene rings is 9. The number of fused-ring (bicyclic) bond motifs is 2. The molecule has 0 N–H and O–H groups in total. The predicted molar refractivity (Wildman–Crippen MR) is 365 cm³/mol. The van der Waals surface area contributed by atoms with Crippen molar-refractivity contribution in [2.24, 2.45) is 0 Å². The first-order valence-corrected chi connectivity index (χ1v) is 34.0. The van der Waals surface area contributed by atoms with Gasteiger partial charge in [0.25, 0.3) is 11.8 Å². The molecule has 0 aromatic heterocycles. The van der Waals surface area contributed by atoms with Crippen LogP contribution in [0.3, 0.4) is 0 Å². The minimum atomic E-state index is -1.59. The molecule has 0 radical (unpaired) electrons. The first-order valence-electron chi connectivity index (χ1n) is 34.0. The highest BCUT2D eigenvalue weighted by atomic mass is 16.8. The summed E-state index contributed by atoms with van der Waals surface area (Å²) in [5, 5.41) is 0. The van der Waals surface area contributed by atoms with Crippen molar-refractivity contribution in [1.82, 2.24) is 4.90 Å². The van der Waals surface area contributed by atoms with Gasteiger partial charge in [0, 0.05) is 5.56 Å². The van der Waals surface area contributed by atoms with Gasteiger partial charge >= 0.3 is 0 Å². The van der Waals surface area contributed by atoms with Crippen molar-refractivity contribution in [2.45, 2.75) is 152 Å². The summed E-state index contributed by atoms with van der Waals surface area (Å²) in [6, 6.07) is 83.7. The normalized spacial score (nSPS) is 27.5. The van der Waals surface area contributed by atoms with Crippen LogP contribution in [0.2, 0.25) is 0 Å². The second kappa shape index (κ2) is 33.2. The molecule has 2 amide bonds. The summed E-state index contributed by atoms with van der Waals surface area (Å²) < 4.78 is 100. The molecule has 5 aliphatic heterocycles. The van der Waals surface area contributed by atoms with Crippen LogP contribution in [0, 0.1) is 0 Å². The molecule has 510 valence electrons. The fourth-order valence-electron chi connectivity index (χ4n) is 13.5. The minimum Gasteiger partial charge on any atom is -0.374 e. The first-order chi connectivity index (χ1) is 48.8. The molecule has 16 unspecified atom stereocenters. The van der Waals surface area contributed by atoms with E-state index in [0.717, 1.165) is 38.9 Å². The molecule has 4 fully saturated rings. The average molecular weight is 1340 g/mol. The molecule has 0 bridgehead atoms. The van der Waals surface area contributed by atoms with E-state index in [1.807, 2.05) is 250 Å². The van der Waals surface area contributed by atoms with Crippen molar-refractivity contribution in [3.63, 3.8) is 0 Å². The maximum absolute atomic E-state index is 15.7. The van der Waals surface area contributed by atoms with E-state index in [9.17, 15) is 0 Å². The molecule has 99 heavy (non-hydrogen) atoms. The molecular formula is C82H81NO16.